The molecule has 3 nitrogen and oxygen atoms in total. The van der Waals surface area contributed by atoms with Gasteiger partial charge in [0.25, 0.3) is 5.91 Å². The molecule has 2 rings (SSSR count). The third kappa shape index (κ3) is 2.74. The van der Waals surface area contributed by atoms with Crippen molar-refractivity contribution in [3.63, 3.8) is 0 Å². The number of hydrogen-bond donors (Lipinski definition) is 1. The standard InChI is InChI=1S/C15H16N2O/c1-11-5-3-4-6-14(11)15(18)17-12(2)13-7-9-16-10-8-13/h3-10,12H,1-2H3,(H,17,18)/t12-/m1/s1. The average molecular weight is 240 g/mol. The first-order chi connectivity index (χ1) is 8.68. The van der Waals surface area contributed by atoms with Crippen LogP contribution in [-0.2, 0) is 0 Å². The summed E-state index contributed by atoms with van der Waals surface area (Å²) >= 11 is 0. The molecule has 0 aliphatic rings. The molecule has 18 heavy (non-hydrogen) atoms. The molecule has 0 unspecified atom stereocenters. The number of pyridine rings is 1. The van der Waals surface area contributed by atoms with Gasteiger partial charge >= 0.3 is 0 Å². The molecule has 1 N–H and O–H groups in total. The van der Waals surface area contributed by atoms with Crippen LogP contribution in [-0.4, -0.2) is 10.9 Å². The molecule has 0 saturated heterocycles. The number of aryl methyl sites for hydroxylation is 1. The van der Waals surface area contributed by atoms with Crippen molar-refractivity contribution >= 4 is 5.91 Å². The van der Waals surface area contributed by atoms with Crippen molar-refractivity contribution in [3.05, 3.63) is 65.5 Å². The number of nitrogens with zero attached hydrogens (tertiary/aromatic N) is 1. The molecule has 1 aromatic carbocycles. The summed E-state index contributed by atoms with van der Waals surface area (Å²) < 4.78 is 0. The van der Waals surface area contributed by atoms with Crippen LogP contribution in [0, 0.1) is 6.92 Å². The summed E-state index contributed by atoms with van der Waals surface area (Å²) in [5, 5.41) is 2.99. The van der Waals surface area contributed by atoms with Crippen LogP contribution in [0.2, 0.25) is 0 Å². The highest BCUT2D eigenvalue weighted by Gasteiger charge is 2.12. The summed E-state index contributed by atoms with van der Waals surface area (Å²) in [4.78, 5) is 16.1. The molecule has 2 aromatic rings. The average Bonchev–Trinajstić information content (AvgIpc) is 2.40. The van der Waals surface area contributed by atoms with E-state index in [1.807, 2.05) is 50.2 Å². The quantitative estimate of drug-likeness (QED) is 0.896. The predicted octanol–water partition coefficient (Wildman–Crippen LogP) is 2.88. The molecule has 3 heteroatoms. The van der Waals surface area contributed by atoms with E-state index in [0.717, 1.165) is 16.7 Å². The van der Waals surface area contributed by atoms with Gasteiger partial charge in [0.2, 0.25) is 0 Å². The summed E-state index contributed by atoms with van der Waals surface area (Å²) in [7, 11) is 0. The first-order valence-corrected chi connectivity index (χ1v) is 5.95. The Kier molecular flexibility index (Phi) is 3.72. The van der Waals surface area contributed by atoms with Gasteiger partial charge in [0.15, 0.2) is 0 Å². The van der Waals surface area contributed by atoms with E-state index < -0.39 is 0 Å². The molecular weight excluding hydrogens is 224 g/mol. The van der Waals surface area contributed by atoms with E-state index in [9.17, 15) is 4.79 Å². The van der Waals surface area contributed by atoms with Gasteiger partial charge in [0.1, 0.15) is 0 Å². The Labute approximate surface area is 107 Å². The highest BCUT2D eigenvalue weighted by Crippen LogP contribution is 2.13. The van der Waals surface area contributed by atoms with Crippen molar-refractivity contribution in [2.24, 2.45) is 0 Å². The van der Waals surface area contributed by atoms with Gasteiger partial charge in [0.05, 0.1) is 6.04 Å². The zero-order valence-electron chi connectivity index (χ0n) is 10.6. The summed E-state index contributed by atoms with van der Waals surface area (Å²) in [5.41, 5.74) is 2.75. The van der Waals surface area contributed by atoms with Gasteiger partial charge in [0, 0.05) is 18.0 Å². The van der Waals surface area contributed by atoms with Crippen molar-refractivity contribution in [1.29, 1.82) is 0 Å². The Hall–Kier alpha value is -2.16. The van der Waals surface area contributed by atoms with E-state index in [4.69, 9.17) is 0 Å². The first kappa shape index (κ1) is 12.3. The number of aromatic nitrogens is 1. The molecule has 0 bridgehead atoms. The lowest BCUT2D eigenvalue weighted by Crippen LogP contribution is -2.27. The second-order valence-corrected chi connectivity index (χ2v) is 4.29. The fourth-order valence-electron chi connectivity index (χ4n) is 1.84. The Bertz CT molecular complexity index is 537. The van der Waals surface area contributed by atoms with Crippen molar-refractivity contribution in [1.82, 2.24) is 10.3 Å². The number of amides is 1. The van der Waals surface area contributed by atoms with Crippen molar-refractivity contribution in [2.75, 3.05) is 0 Å². The molecular formula is C15H16N2O. The van der Waals surface area contributed by atoms with Crippen molar-refractivity contribution in [2.45, 2.75) is 19.9 Å². The van der Waals surface area contributed by atoms with E-state index >= 15 is 0 Å². The van der Waals surface area contributed by atoms with Crippen LogP contribution in [0.3, 0.4) is 0 Å². The van der Waals surface area contributed by atoms with Gasteiger partial charge in [-0.15, -0.1) is 0 Å². The van der Waals surface area contributed by atoms with Crippen molar-refractivity contribution in [3.8, 4) is 0 Å². The van der Waals surface area contributed by atoms with Crippen LogP contribution in [0.15, 0.2) is 48.8 Å². The minimum atomic E-state index is -0.0441. The number of nitrogens with one attached hydrogen (secondary N) is 1. The molecule has 0 fully saturated rings. The van der Waals surface area contributed by atoms with E-state index in [1.54, 1.807) is 12.4 Å². The lowest BCUT2D eigenvalue weighted by Gasteiger charge is -2.15. The van der Waals surface area contributed by atoms with Crippen LogP contribution < -0.4 is 5.32 Å². The normalized spacial score (nSPS) is 11.9. The Balaban J connectivity index is 2.11. The molecule has 1 amide bonds. The van der Waals surface area contributed by atoms with Gasteiger partial charge in [-0.3, -0.25) is 9.78 Å². The maximum absolute atomic E-state index is 12.1. The second-order valence-electron chi connectivity index (χ2n) is 4.29. The predicted molar refractivity (Wildman–Crippen MR) is 71.3 cm³/mol. The monoisotopic (exact) mass is 240 g/mol. The Morgan fingerprint density at radius 2 is 1.83 bits per heavy atom. The number of hydrogen-bond acceptors (Lipinski definition) is 2. The minimum absolute atomic E-state index is 0.0277. The number of rotatable bonds is 3. The zero-order chi connectivity index (χ0) is 13.0. The maximum atomic E-state index is 12.1. The van der Waals surface area contributed by atoms with E-state index in [-0.39, 0.29) is 11.9 Å². The third-order valence-electron chi connectivity index (χ3n) is 2.94. The van der Waals surface area contributed by atoms with Crippen molar-refractivity contribution < 1.29 is 4.79 Å². The SMILES string of the molecule is Cc1ccccc1C(=O)N[C@H](C)c1ccncc1. The van der Waals surface area contributed by atoms with Crippen LogP contribution in [0.1, 0.15) is 34.5 Å². The summed E-state index contributed by atoms with van der Waals surface area (Å²) in [6.45, 7) is 3.90. The molecule has 0 radical (unpaired) electrons. The lowest BCUT2D eigenvalue weighted by atomic mass is 10.1. The van der Waals surface area contributed by atoms with Gasteiger partial charge < -0.3 is 5.32 Å². The molecule has 0 saturated carbocycles. The van der Waals surface area contributed by atoms with Crippen LogP contribution in [0.5, 0.6) is 0 Å². The molecule has 1 aromatic heterocycles. The molecule has 0 spiro atoms. The van der Waals surface area contributed by atoms with Crippen LogP contribution >= 0.6 is 0 Å². The Morgan fingerprint density at radius 3 is 2.50 bits per heavy atom. The Morgan fingerprint density at radius 1 is 1.17 bits per heavy atom. The fourth-order valence-corrected chi connectivity index (χ4v) is 1.84. The van der Waals surface area contributed by atoms with Crippen LogP contribution in [0.4, 0.5) is 0 Å². The van der Waals surface area contributed by atoms with Gasteiger partial charge in [-0.1, -0.05) is 18.2 Å². The summed E-state index contributed by atoms with van der Waals surface area (Å²) in [5.74, 6) is -0.0441. The third-order valence-corrected chi connectivity index (χ3v) is 2.94. The highest BCUT2D eigenvalue weighted by molar-refractivity contribution is 5.95. The van der Waals surface area contributed by atoms with Gasteiger partial charge in [-0.2, -0.15) is 0 Å². The zero-order valence-corrected chi connectivity index (χ0v) is 10.6. The van der Waals surface area contributed by atoms with E-state index in [2.05, 4.69) is 10.3 Å². The smallest absolute Gasteiger partial charge is 0.252 e. The van der Waals surface area contributed by atoms with E-state index in [0.29, 0.717) is 0 Å². The number of carbonyl (C=O) groups is 1. The molecule has 1 atom stereocenters. The minimum Gasteiger partial charge on any atom is -0.346 e. The molecule has 0 aliphatic heterocycles. The van der Waals surface area contributed by atoms with Crippen LogP contribution in [0.25, 0.3) is 0 Å². The van der Waals surface area contributed by atoms with Gasteiger partial charge in [-0.25, -0.2) is 0 Å². The first-order valence-electron chi connectivity index (χ1n) is 5.95. The number of carbonyl (C=O) groups excluding carboxylic acids is 1. The summed E-state index contributed by atoms with van der Waals surface area (Å²) in [6, 6.07) is 11.4. The van der Waals surface area contributed by atoms with Gasteiger partial charge in [-0.05, 0) is 43.2 Å². The largest absolute Gasteiger partial charge is 0.346 e. The lowest BCUT2D eigenvalue weighted by molar-refractivity contribution is 0.0939. The molecule has 92 valence electrons. The maximum Gasteiger partial charge on any atom is 0.252 e. The summed E-state index contributed by atoms with van der Waals surface area (Å²) in [6.07, 6.45) is 3.46. The van der Waals surface area contributed by atoms with E-state index in [1.165, 1.54) is 0 Å². The topological polar surface area (TPSA) is 42.0 Å². The molecule has 1 heterocycles. The highest BCUT2D eigenvalue weighted by atomic mass is 16.1. The number of benzene rings is 1. The fraction of sp³-hybridized carbons (Fsp3) is 0.200. The molecule has 0 aliphatic carbocycles. The second kappa shape index (κ2) is 5.45.